The summed E-state index contributed by atoms with van der Waals surface area (Å²) in [5, 5.41) is 24.2. The topological polar surface area (TPSA) is 71.6 Å². The maximum atomic E-state index is 8.79. The van der Waals surface area contributed by atoms with Crippen LogP contribution >= 0.6 is 0 Å². The van der Waals surface area contributed by atoms with Crippen molar-refractivity contribution in [3.05, 3.63) is 23.5 Å². The van der Waals surface area contributed by atoms with Gasteiger partial charge in [-0.2, -0.15) is 10.5 Å². The average molecular weight is 288 g/mol. The molecule has 0 amide bonds. The van der Waals surface area contributed by atoms with Gasteiger partial charge in [0.2, 0.25) is 0 Å². The molecule has 0 aliphatic carbocycles. The SMILES string of the molecule is CC[C@@H](C)/C(=C\C#N)NCCCN/C(=C/C#N)[C@@H](C)CC. The Balaban J connectivity index is 4.16. The molecule has 0 saturated heterocycles. The molecule has 0 radical (unpaired) electrons. The van der Waals surface area contributed by atoms with Gasteiger partial charge in [0, 0.05) is 36.6 Å². The second-order valence-corrected chi connectivity index (χ2v) is 5.28. The molecule has 0 fully saturated rings. The van der Waals surface area contributed by atoms with E-state index in [1.807, 2.05) is 0 Å². The molecule has 0 saturated carbocycles. The molecule has 0 aromatic rings. The lowest BCUT2D eigenvalue weighted by Crippen LogP contribution is -2.25. The van der Waals surface area contributed by atoms with E-state index < -0.39 is 0 Å². The third kappa shape index (κ3) is 8.05. The normalized spacial score (nSPS) is 14.8. The summed E-state index contributed by atoms with van der Waals surface area (Å²) in [6, 6.07) is 4.19. The monoisotopic (exact) mass is 288 g/mol. The lowest BCUT2D eigenvalue weighted by Gasteiger charge is -2.18. The van der Waals surface area contributed by atoms with Gasteiger partial charge in [-0.15, -0.1) is 0 Å². The summed E-state index contributed by atoms with van der Waals surface area (Å²) in [5.74, 6) is 0.763. The first-order valence-corrected chi connectivity index (χ1v) is 7.77. The zero-order chi connectivity index (χ0) is 16.1. The lowest BCUT2D eigenvalue weighted by atomic mass is 10.0. The van der Waals surface area contributed by atoms with Gasteiger partial charge in [0.15, 0.2) is 0 Å². The van der Waals surface area contributed by atoms with Crippen molar-refractivity contribution in [2.75, 3.05) is 13.1 Å². The molecule has 0 rings (SSSR count). The number of hydrogen-bond donors (Lipinski definition) is 2. The highest BCUT2D eigenvalue weighted by atomic mass is 14.9. The van der Waals surface area contributed by atoms with Crippen LogP contribution in [0.2, 0.25) is 0 Å². The number of hydrogen-bond acceptors (Lipinski definition) is 4. The number of nitriles is 2. The molecule has 2 N–H and O–H groups in total. The highest BCUT2D eigenvalue weighted by molar-refractivity contribution is 5.15. The van der Waals surface area contributed by atoms with Crippen molar-refractivity contribution in [1.82, 2.24) is 10.6 Å². The van der Waals surface area contributed by atoms with Crippen LogP contribution in [0.3, 0.4) is 0 Å². The molecule has 0 spiro atoms. The van der Waals surface area contributed by atoms with E-state index in [1.165, 1.54) is 0 Å². The van der Waals surface area contributed by atoms with Gasteiger partial charge in [0.25, 0.3) is 0 Å². The fraction of sp³-hybridized carbons (Fsp3) is 0.647. The summed E-state index contributed by atoms with van der Waals surface area (Å²) < 4.78 is 0. The van der Waals surface area contributed by atoms with Crippen LogP contribution in [0, 0.1) is 34.5 Å². The summed E-state index contributed by atoms with van der Waals surface area (Å²) in [6.45, 7) is 10.1. The fourth-order valence-corrected chi connectivity index (χ4v) is 1.87. The smallest absolute Gasteiger partial charge is 0.0930 e. The molecule has 2 atom stereocenters. The summed E-state index contributed by atoms with van der Waals surface area (Å²) in [7, 11) is 0. The largest absolute Gasteiger partial charge is 0.387 e. The first kappa shape index (κ1) is 19.1. The first-order valence-electron chi connectivity index (χ1n) is 7.77. The first-order chi connectivity index (χ1) is 10.1. The van der Waals surface area contributed by atoms with Crippen molar-refractivity contribution >= 4 is 0 Å². The van der Waals surface area contributed by atoms with Crippen LogP contribution in [-0.4, -0.2) is 13.1 Å². The molecular weight excluding hydrogens is 260 g/mol. The molecule has 0 unspecified atom stereocenters. The van der Waals surface area contributed by atoms with Gasteiger partial charge in [-0.1, -0.05) is 27.7 Å². The Bertz CT molecular complexity index is 383. The minimum Gasteiger partial charge on any atom is -0.387 e. The van der Waals surface area contributed by atoms with Gasteiger partial charge in [-0.25, -0.2) is 0 Å². The van der Waals surface area contributed by atoms with E-state index in [-0.39, 0.29) is 0 Å². The Morgan fingerprint density at radius 3 is 1.57 bits per heavy atom. The van der Waals surface area contributed by atoms with Gasteiger partial charge in [-0.05, 0) is 31.1 Å². The van der Waals surface area contributed by atoms with Crippen molar-refractivity contribution < 1.29 is 0 Å². The maximum absolute atomic E-state index is 8.79. The molecule has 0 bridgehead atoms. The van der Waals surface area contributed by atoms with Gasteiger partial charge in [-0.3, -0.25) is 0 Å². The van der Waals surface area contributed by atoms with Crippen LogP contribution in [-0.2, 0) is 0 Å². The molecule has 4 nitrogen and oxygen atoms in total. The van der Waals surface area contributed by atoms with E-state index in [2.05, 4.69) is 50.5 Å². The Morgan fingerprint density at radius 2 is 1.29 bits per heavy atom. The van der Waals surface area contributed by atoms with E-state index >= 15 is 0 Å². The molecule has 0 aromatic carbocycles. The molecule has 4 heteroatoms. The Morgan fingerprint density at radius 1 is 0.905 bits per heavy atom. The zero-order valence-electron chi connectivity index (χ0n) is 13.7. The molecule has 116 valence electrons. The third-order valence-electron chi connectivity index (χ3n) is 3.74. The number of nitrogens with one attached hydrogen (secondary N) is 2. The summed E-state index contributed by atoms with van der Waals surface area (Å²) >= 11 is 0. The predicted octanol–water partition coefficient (Wildman–Crippen LogP) is 3.46. The van der Waals surface area contributed by atoms with Crippen LogP contribution < -0.4 is 10.6 Å². The minimum atomic E-state index is 0.381. The van der Waals surface area contributed by atoms with Gasteiger partial charge < -0.3 is 10.6 Å². The standard InChI is InChI=1S/C17H28N4/c1-5-14(3)16(8-10-18)20-12-7-13-21-17(9-11-19)15(4)6-2/h8-9,14-15,20-21H,5-7,12-13H2,1-4H3/b16-8+,17-9+/t14-,15+. The molecule has 0 aliphatic heterocycles. The molecule has 0 aromatic heterocycles. The predicted molar refractivity (Wildman–Crippen MR) is 86.9 cm³/mol. The van der Waals surface area contributed by atoms with Crippen LogP contribution in [0.1, 0.15) is 47.0 Å². The second-order valence-electron chi connectivity index (χ2n) is 5.28. The molecule has 0 aliphatic rings. The van der Waals surface area contributed by atoms with E-state index in [0.29, 0.717) is 11.8 Å². The molecular formula is C17H28N4. The van der Waals surface area contributed by atoms with Crippen molar-refractivity contribution in [1.29, 1.82) is 10.5 Å². The Labute approximate surface area is 129 Å². The van der Waals surface area contributed by atoms with Gasteiger partial charge in [0.1, 0.15) is 0 Å². The lowest BCUT2D eigenvalue weighted by molar-refractivity contribution is 0.552. The maximum Gasteiger partial charge on any atom is 0.0930 e. The Kier molecular flexibility index (Phi) is 10.8. The Hall–Kier alpha value is -1.94. The second kappa shape index (κ2) is 11.9. The van der Waals surface area contributed by atoms with Crippen molar-refractivity contribution in [3.8, 4) is 12.1 Å². The highest BCUT2D eigenvalue weighted by Gasteiger charge is 2.07. The molecule has 0 heterocycles. The van der Waals surface area contributed by atoms with Gasteiger partial charge >= 0.3 is 0 Å². The summed E-state index contributed by atoms with van der Waals surface area (Å²) in [6.07, 6.45) is 6.17. The average Bonchev–Trinajstić information content (AvgIpc) is 2.50. The third-order valence-corrected chi connectivity index (χ3v) is 3.74. The van der Waals surface area contributed by atoms with Gasteiger partial charge in [0.05, 0.1) is 12.1 Å². The van der Waals surface area contributed by atoms with E-state index in [9.17, 15) is 0 Å². The van der Waals surface area contributed by atoms with Crippen molar-refractivity contribution in [2.24, 2.45) is 11.8 Å². The van der Waals surface area contributed by atoms with Crippen molar-refractivity contribution in [3.63, 3.8) is 0 Å². The quantitative estimate of drug-likeness (QED) is 0.477. The zero-order valence-corrected chi connectivity index (χ0v) is 13.7. The highest BCUT2D eigenvalue weighted by Crippen LogP contribution is 2.12. The summed E-state index contributed by atoms with van der Waals surface area (Å²) in [4.78, 5) is 0. The molecule has 21 heavy (non-hydrogen) atoms. The van der Waals surface area contributed by atoms with E-state index in [0.717, 1.165) is 43.7 Å². The van der Waals surface area contributed by atoms with E-state index in [4.69, 9.17) is 10.5 Å². The number of rotatable bonds is 10. The van der Waals surface area contributed by atoms with Crippen molar-refractivity contribution in [2.45, 2.75) is 47.0 Å². The van der Waals surface area contributed by atoms with E-state index in [1.54, 1.807) is 12.2 Å². The van der Waals surface area contributed by atoms with Crippen LogP contribution in [0.4, 0.5) is 0 Å². The van der Waals surface area contributed by atoms with Crippen LogP contribution in [0.5, 0.6) is 0 Å². The minimum absolute atomic E-state index is 0.381. The fourth-order valence-electron chi connectivity index (χ4n) is 1.87. The number of allylic oxidation sites excluding steroid dienone is 4. The van der Waals surface area contributed by atoms with Crippen LogP contribution in [0.15, 0.2) is 23.5 Å². The summed E-state index contributed by atoms with van der Waals surface area (Å²) in [5.41, 5.74) is 2.02. The van der Waals surface area contributed by atoms with Crippen LogP contribution in [0.25, 0.3) is 0 Å². The number of nitrogens with zero attached hydrogens (tertiary/aromatic N) is 2.